The Morgan fingerprint density at radius 3 is 2.64 bits per heavy atom. The number of aromatic nitrogens is 2. The second-order valence-electron chi connectivity index (χ2n) is 6.15. The van der Waals surface area contributed by atoms with E-state index in [0.717, 1.165) is 57.0 Å². The molecule has 0 amide bonds. The SMILES string of the molecule is N#CC1CCN(c2cc(N3CCCCC3CO)ncn2)CC1. The molecule has 1 atom stereocenters. The van der Waals surface area contributed by atoms with Crippen LogP contribution in [0.2, 0.25) is 0 Å². The fraction of sp³-hybridized carbons (Fsp3) is 0.688. The molecule has 2 fully saturated rings. The van der Waals surface area contributed by atoms with Crippen LogP contribution in [0.3, 0.4) is 0 Å². The summed E-state index contributed by atoms with van der Waals surface area (Å²) in [5.41, 5.74) is 0. The summed E-state index contributed by atoms with van der Waals surface area (Å²) in [6, 6.07) is 4.55. The summed E-state index contributed by atoms with van der Waals surface area (Å²) in [5.74, 6) is 2.02. The van der Waals surface area contributed by atoms with Crippen LogP contribution in [0.25, 0.3) is 0 Å². The molecule has 22 heavy (non-hydrogen) atoms. The lowest BCUT2D eigenvalue weighted by Crippen LogP contribution is -2.42. The Hall–Kier alpha value is -1.87. The maximum Gasteiger partial charge on any atom is 0.134 e. The third kappa shape index (κ3) is 3.14. The molecular formula is C16H23N5O. The normalized spacial score (nSPS) is 23.4. The van der Waals surface area contributed by atoms with E-state index in [9.17, 15) is 5.11 Å². The van der Waals surface area contributed by atoms with Gasteiger partial charge in [-0.15, -0.1) is 0 Å². The molecule has 118 valence electrons. The fourth-order valence-electron chi connectivity index (χ4n) is 3.40. The quantitative estimate of drug-likeness (QED) is 0.913. The van der Waals surface area contributed by atoms with Gasteiger partial charge in [0.2, 0.25) is 0 Å². The van der Waals surface area contributed by atoms with Crippen molar-refractivity contribution in [2.24, 2.45) is 5.92 Å². The van der Waals surface area contributed by atoms with Gasteiger partial charge in [0.05, 0.1) is 18.7 Å². The fourth-order valence-corrected chi connectivity index (χ4v) is 3.40. The van der Waals surface area contributed by atoms with E-state index in [4.69, 9.17) is 5.26 Å². The summed E-state index contributed by atoms with van der Waals surface area (Å²) in [4.78, 5) is 13.3. The van der Waals surface area contributed by atoms with E-state index in [1.54, 1.807) is 6.33 Å². The number of aliphatic hydroxyl groups is 1. The lowest BCUT2D eigenvalue weighted by atomic mass is 9.99. The number of aliphatic hydroxyl groups excluding tert-OH is 1. The van der Waals surface area contributed by atoms with E-state index in [1.807, 2.05) is 6.07 Å². The highest BCUT2D eigenvalue weighted by atomic mass is 16.3. The van der Waals surface area contributed by atoms with Gasteiger partial charge in [0.25, 0.3) is 0 Å². The average Bonchev–Trinajstić information content (AvgIpc) is 2.62. The molecule has 0 spiro atoms. The maximum atomic E-state index is 9.57. The van der Waals surface area contributed by atoms with Gasteiger partial charge in [-0.1, -0.05) is 0 Å². The van der Waals surface area contributed by atoms with E-state index >= 15 is 0 Å². The third-order valence-corrected chi connectivity index (χ3v) is 4.77. The van der Waals surface area contributed by atoms with Crippen molar-refractivity contribution in [3.8, 4) is 6.07 Å². The van der Waals surface area contributed by atoms with Gasteiger partial charge in [0.1, 0.15) is 18.0 Å². The summed E-state index contributed by atoms with van der Waals surface area (Å²) in [6.07, 6.45) is 6.75. The number of nitriles is 1. The Balaban J connectivity index is 1.74. The van der Waals surface area contributed by atoms with Gasteiger partial charge >= 0.3 is 0 Å². The molecule has 6 nitrogen and oxygen atoms in total. The molecule has 2 aliphatic rings. The first kappa shape index (κ1) is 15.0. The molecule has 3 heterocycles. The molecule has 6 heteroatoms. The average molecular weight is 301 g/mol. The van der Waals surface area contributed by atoms with Crippen molar-refractivity contribution in [1.82, 2.24) is 9.97 Å². The number of anilines is 2. The van der Waals surface area contributed by atoms with Gasteiger partial charge in [-0.2, -0.15) is 5.26 Å². The van der Waals surface area contributed by atoms with Crippen molar-refractivity contribution in [1.29, 1.82) is 5.26 Å². The molecule has 0 aromatic carbocycles. The van der Waals surface area contributed by atoms with Crippen molar-refractivity contribution in [3.63, 3.8) is 0 Å². The molecule has 1 aromatic rings. The minimum absolute atomic E-state index is 0.167. The van der Waals surface area contributed by atoms with Gasteiger partial charge in [0.15, 0.2) is 0 Å². The van der Waals surface area contributed by atoms with Gasteiger partial charge in [-0.25, -0.2) is 9.97 Å². The molecule has 0 aliphatic carbocycles. The molecule has 0 bridgehead atoms. The zero-order valence-corrected chi connectivity index (χ0v) is 12.9. The topological polar surface area (TPSA) is 76.3 Å². The Morgan fingerprint density at radius 1 is 1.14 bits per heavy atom. The van der Waals surface area contributed by atoms with E-state index in [0.29, 0.717) is 0 Å². The lowest BCUT2D eigenvalue weighted by Gasteiger charge is -2.36. The Kier molecular flexibility index (Phi) is 4.74. The summed E-state index contributed by atoms with van der Waals surface area (Å²) in [5, 5.41) is 18.6. The number of hydrogen-bond donors (Lipinski definition) is 1. The number of piperidine rings is 2. The largest absolute Gasteiger partial charge is 0.394 e. The first-order valence-corrected chi connectivity index (χ1v) is 8.16. The van der Waals surface area contributed by atoms with Crippen LogP contribution in [0.5, 0.6) is 0 Å². The highest BCUT2D eigenvalue weighted by Gasteiger charge is 2.25. The number of rotatable bonds is 3. The van der Waals surface area contributed by atoms with E-state index < -0.39 is 0 Å². The summed E-state index contributed by atoms with van der Waals surface area (Å²) < 4.78 is 0. The van der Waals surface area contributed by atoms with Crippen LogP contribution >= 0.6 is 0 Å². The van der Waals surface area contributed by atoms with Crippen molar-refractivity contribution in [3.05, 3.63) is 12.4 Å². The second-order valence-corrected chi connectivity index (χ2v) is 6.15. The van der Waals surface area contributed by atoms with Crippen molar-refractivity contribution < 1.29 is 5.11 Å². The Morgan fingerprint density at radius 2 is 1.91 bits per heavy atom. The molecule has 0 radical (unpaired) electrons. The van der Waals surface area contributed by atoms with Crippen LogP contribution in [0, 0.1) is 17.2 Å². The van der Waals surface area contributed by atoms with Gasteiger partial charge < -0.3 is 14.9 Å². The molecule has 0 saturated carbocycles. The van der Waals surface area contributed by atoms with Crippen molar-refractivity contribution >= 4 is 11.6 Å². The predicted octanol–water partition coefficient (Wildman–Crippen LogP) is 1.57. The molecule has 1 N–H and O–H groups in total. The van der Waals surface area contributed by atoms with Crippen molar-refractivity contribution in [2.75, 3.05) is 36.0 Å². The van der Waals surface area contributed by atoms with Crippen LogP contribution in [0.1, 0.15) is 32.1 Å². The maximum absolute atomic E-state index is 9.57. The molecule has 1 unspecified atom stereocenters. The van der Waals surface area contributed by atoms with Gasteiger partial charge in [-0.3, -0.25) is 0 Å². The highest BCUT2D eigenvalue weighted by molar-refractivity contribution is 5.51. The minimum atomic E-state index is 0.167. The first-order chi connectivity index (χ1) is 10.8. The van der Waals surface area contributed by atoms with Gasteiger partial charge in [0, 0.05) is 31.6 Å². The Bertz CT molecular complexity index is 536. The monoisotopic (exact) mass is 301 g/mol. The third-order valence-electron chi connectivity index (χ3n) is 4.77. The second kappa shape index (κ2) is 6.93. The molecule has 3 rings (SSSR count). The summed E-state index contributed by atoms with van der Waals surface area (Å²) >= 11 is 0. The van der Waals surface area contributed by atoms with E-state index in [2.05, 4.69) is 25.8 Å². The van der Waals surface area contributed by atoms with Crippen LogP contribution in [-0.4, -0.2) is 47.4 Å². The number of nitrogens with zero attached hydrogens (tertiary/aromatic N) is 5. The van der Waals surface area contributed by atoms with E-state index in [-0.39, 0.29) is 18.6 Å². The Labute approximate surface area is 131 Å². The minimum Gasteiger partial charge on any atom is -0.394 e. The van der Waals surface area contributed by atoms with Crippen LogP contribution in [0.4, 0.5) is 11.6 Å². The predicted molar refractivity (Wildman–Crippen MR) is 84.7 cm³/mol. The summed E-state index contributed by atoms with van der Waals surface area (Å²) in [6.45, 7) is 2.86. The van der Waals surface area contributed by atoms with Gasteiger partial charge in [-0.05, 0) is 32.1 Å². The van der Waals surface area contributed by atoms with Crippen LogP contribution in [-0.2, 0) is 0 Å². The standard InChI is InChI=1S/C16H23N5O/c17-10-13-4-7-20(8-5-13)15-9-16(19-12-18-15)21-6-2-1-3-14(21)11-22/h9,12-14,22H,1-8,11H2. The van der Waals surface area contributed by atoms with Crippen LogP contribution in [0.15, 0.2) is 12.4 Å². The molecule has 1 aromatic heterocycles. The molecule has 2 aliphatic heterocycles. The number of hydrogen-bond acceptors (Lipinski definition) is 6. The smallest absolute Gasteiger partial charge is 0.134 e. The zero-order chi connectivity index (χ0) is 15.4. The van der Waals surface area contributed by atoms with Crippen LogP contribution < -0.4 is 9.80 Å². The lowest BCUT2D eigenvalue weighted by molar-refractivity contribution is 0.239. The molecular weight excluding hydrogens is 278 g/mol. The van der Waals surface area contributed by atoms with Crippen molar-refractivity contribution in [2.45, 2.75) is 38.1 Å². The molecule has 2 saturated heterocycles. The summed E-state index contributed by atoms with van der Waals surface area (Å²) in [7, 11) is 0. The zero-order valence-electron chi connectivity index (χ0n) is 12.9. The first-order valence-electron chi connectivity index (χ1n) is 8.16. The van der Waals surface area contributed by atoms with E-state index in [1.165, 1.54) is 6.42 Å². The highest BCUT2D eigenvalue weighted by Crippen LogP contribution is 2.27.